The maximum absolute atomic E-state index is 13.3. The Morgan fingerprint density at radius 2 is 1.97 bits per heavy atom. The number of hydrogen-bond donors (Lipinski definition) is 0. The van der Waals surface area contributed by atoms with Crippen LogP contribution in [-0.4, -0.2) is 51.2 Å². The number of piperazine rings is 1. The fraction of sp³-hybridized carbons (Fsp3) is 0.310. The first kappa shape index (κ1) is 24.4. The molecule has 3 atom stereocenters. The first-order valence-corrected chi connectivity index (χ1v) is 13.1. The molecule has 1 saturated heterocycles. The smallest absolute Gasteiger partial charge is 0.295 e. The van der Waals surface area contributed by atoms with E-state index in [-0.39, 0.29) is 23.7 Å². The summed E-state index contributed by atoms with van der Waals surface area (Å²) < 4.78 is 7.70. The number of ether oxygens (including phenoxy) is 1. The van der Waals surface area contributed by atoms with Crippen molar-refractivity contribution >= 4 is 28.3 Å². The minimum Gasteiger partial charge on any atom is -0.484 e. The zero-order chi connectivity index (χ0) is 26.4. The van der Waals surface area contributed by atoms with Crippen LogP contribution in [0.25, 0.3) is 11.0 Å². The van der Waals surface area contributed by atoms with Crippen LogP contribution in [0.1, 0.15) is 36.3 Å². The molecule has 0 amide bonds. The average molecular weight is 527 g/mol. The van der Waals surface area contributed by atoms with Crippen LogP contribution in [0.15, 0.2) is 65.6 Å². The monoisotopic (exact) mass is 526 g/mol. The second-order valence-corrected chi connectivity index (χ2v) is 10.2. The summed E-state index contributed by atoms with van der Waals surface area (Å²) in [5.74, 6) is 0.307. The van der Waals surface area contributed by atoms with Gasteiger partial charge in [-0.2, -0.15) is 5.26 Å². The Morgan fingerprint density at radius 3 is 2.68 bits per heavy atom. The second-order valence-electron chi connectivity index (χ2n) is 9.80. The largest absolute Gasteiger partial charge is 0.484 e. The van der Waals surface area contributed by atoms with Crippen LogP contribution in [0.4, 0.5) is 5.69 Å². The molecule has 3 aromatic heterocycles. The molecule has 8 nitrogen and oxygen atoms in total. The molecule has 0 aliphatic carbocycles. The first-order valence-electron chi connectivity index (χ1n) is 12.8. The molecular formula is C29H27ClN6O2. The van der Waals surface area contributed by atoms with Crippen molar-refractivity contribution in [2.75, 3.05) is 24.6 Å². The van der Waals surface area contributed by atoms with Crippen LogP contribution in [0.3, 0.4) is 0 Å². The van der Waals surface area contributed by atoms with Crippen molar-refractivity contribution in [3.8, 4) is 11.8 Å². The number of pyridine rings is 3. The standard InChI is InChI=1S/C29H27ClN6O2/c1-3-21-15-36-22(16-35(21)26(23-6-4-5-13-32-23)18-7-9-19(30)10-8-18)17-38-28-27(36)25-24(34(2)29(28)37)12-11-20(14-31)33-25/h4-13,21-22,26H,3,15-17H2,1-2H3/t21-,22+,26-/m1/s1. The molecule has 0 spiro atoms. The minimum atomic E-state index is -0.194. The summed E-state index contributed by atoms with van der Waals surface area (Å²) in [6, 6.07) is 19.6. The number of nitrogens with zero attached hydrogens (tertiary/aromatic N) is 6. The normalized spacial score (nSPS) is 19.8. The lowest BCUT2D eigenvalue weighted by molar-refractivity contribution is 0.0873. The van der Waals surface area contributed by atoms with E-state index in [0.29, 0.717) is 52.9 Å². The summed E-state index contributed by atoms with van der Waals surface area (Å²) in [5.41, 5.74) is 4.20. The molecule has 4 aromatic rings. The molecule has 0 bridgehead atoms. The van der Waals surface area contributed by atoms with E-state index in [1.165, 1.54) is 0 Å². The van der Waals surface area contributed by atoms with Crippen LogP contribution in [0.2, 0.25) is 5.02 Å². The van der Waals surface area contributed by atoms with Gasteiger partial charge in [-0.3, -0.25) is 14.7 Å². The third-order valence-electron chi connectivity index (χ3n) is 7.69. The molecule has 9 heteroatoms. The van der Waals surface area contributed by atoms with Crippen molar-refractivity contribution in [2.24, 2.45) is 7.05 Å². The highest BCUT2D eigenvalue weighted by molar-refractivity contribution is 6.30. The summed E-state index contributed by atoms with van der Waals surface area (Å²) >= 11 is 6.23. The van der Waals surface area contributed by atoms with Crippen LogP contribution in [0.5, 0.6) is 5.75 Å². The van der Waals surface area contributed by atoms with Gasteiger partial charge in [0, 0.05) is 37.4 Å². The Kier molecular flexibility index (Phi) is 6.26. The van der Waals surface area contributed by atoms with Gasteiger partial charge in [0.2, 0.25) is 5.75 Å². The van der Waals surface area contributed by atoms with E-state index in [9.17, 15) is 10.1 Å². The van der Waals surface area contributed by atoms with Crippen molar-refractivity contribution in [2.45, 2.75) is 31.5 Å². The lowest BCUT2D eigenvalue weighted by Gasteiger charge is -2.51. The lowest BCUT2D eigenvalue weighted by atomic mass is 9.94. The Morgan fingerprint density at radius 1 is 1.16 bits per heavy atom. The van der Waals surface area contributed by atoms with Gasteiger partial charge in [0.05, 0.1) is 23.3 Å². The molecule has 6 rings (SSSR count). The molecule has 1 aromatic carbocycles. The second kappa shape index (κ2) is 9.75. The highest BCUT2D eigenvalue weighted by atomic mass is 35.5. The molecular weight excluding hydrogens is 500 g/mol. The predicted molar refractivity (Wildman–Crippen MR) is 147 cm³/mol. The highest BCUT2D eigenvalue weighted by Gasteiger charge is 2.43. The fourth-order valence-electron chi connectivity index (χ4n) is 5.79. The minimum absolute atomic E-state index is 0.00772. The third kappa shape index (κ3) is 3.99. The summed E-state index contributed by atoms with van der Waals surface area (Å²) in [4.78, 5) is 27.4. The topological polar surface area (TPSA) is 87.3 Å². The number of benzene rings is 1. The van der Waals surface area contributed by atoms with Crippen molar-refractivity contribution in [3.05, 3.63) is 93.1 Å². The van der Waals surface area contributed by atoms with E-state index in [1.807, 2.05) is 30.5 Å². The van der Waals surface area contributed by atoms with Crippen LogP contribution < -0.4 is 15.2 Å². The number of halogens is 1. The van der Waals surface area contributed by atoms with E-state index >= 15 is 0 Å². The van der Waals surface area contributed by atoms with Crippen molar-refractivity contribution in [3.63, 3.8) is 0 Å². The van der Waals surface area contributed by atoms with Gasteiger partial charge in [-0.25, -0.2) is 4.98 Å². The van der Waals surface area contributed by atoms with Gasteiger partial charge in [0.25, 0.3) is 5.56 Å². The van der Waals surface area contributed by atoms with Crippen molar-refractivity contribution in [1.82, 2.24) is 19.4 Å². The van der Waals surface area contributed by atoms with E-state index in [1.54, 1.807) is 23.7 Å². The first-order chi connectivity index (χ1) is 18.5. The van der Waals surface area contributed by atoms with Gasteiger partial charge < -0.3 is 14.2 Å². The van der Waals surface area contributed by atoms with Crippen LogP contribution >= 0.6 is 11.6 Å². The quantitative estimate of drug-likeness (QED) is 0.391. The Hall–Kier alpha value is -3.93. The summed E-state index contributed by atoms with van der Waals surface area (Å²) in [5, 5.41) is 10.2. The maximum Gasteiger partial charge on any atom is 0.295 e. The number of aryl methyl sites for hydroxylation is 1. The number of fused-ring (bicyclic) bond motifs is 5. The summed E-state index contributed by atoms with van der Waals surface area (Å²) in [6.07, 6.45) is 2.73. The Labute approximate surface area is 225 Å². The lowest BCUT2D eigenvalue weighted by Crippen LogP contribution is -2.62. The molecule has 2 aliphatic rings. The van der Waals surface area contributed by atoms with E-state index in [2.05, 4.69) is 46.0 Å². The third-order valence-corrected chi connectivity index (χ3v) is 7.94. The number of nitriles is 1. The maximum atomic E-state index is 13.3. The molecule has 38 heavy (non-hydrogen) atoms. The number of hydrogen-bond acceptors (Lipinski definition) is 7. The number of aromatic nitrogens is 3. The van der Waals surface area contributed by atoms with Gasteiger partial charge in [-0.15, -0.1) is 0 Å². The predicted octanol–water partition coefficient (Wildman–Crippen LogP) is 4.30. The van der Waals surface area contributed by atoms with Crippen molar-refractivity contribution < 1.29 is 4.74 Å². The molecule has 1 fully saturated rings. The van der Waals surface area contributed by atoms with Crippen LogP contribution in [-0.2, 0) is 7.05 Å². The molecule has 192 valence electrons. The van der Waals surface area contributed by atoms with Crippen LogP contribution in [0, 0.1) is 11.3 Å². The van der Waals surface area contributed by atoms with Crippen molar-refractivity contribution in [1.29, 1.82) is 5.26 Å². The van der Waals surface area contributed by atoms with Gasteiger partial charge in [0.1, 0.15) is 29.6 Å². The molecule has 0 radical (unpaired) electrons. The fourth-order valence-corrected chi connectivity index (χ4v) is 5.91. The SMILES string of the molecule is CC[C@@H]1CN2c3c(c(=O)n(C)c4ccc(C#N)nc34)OC[C@@H]2CN1[C@H](c1ccc(Cl)cc1)c1ccccn1. The average Bonchev–Trinajstić information content (AvgIpc) is 2.96. The molecule has 5 heterocycles. The Bertz CT molecular complexity index is 1600. The number of rotatable bonds is 4. The zero-order valence-electron chi connectivity index (χ0n) is 21.2. The summed E-state index contributed by atoms with van der Waals surface area (Å²) in [6.45, 7) is 3.96. The van der Waals surface area contributed by atoms with E-state index in [4.69, 9.17) is 21.3 Å². The molecule has 0 saturated carbocycles. The van der Waals surface area contributed by atoms with Gasteiger partial charge >= 0.3 is 0 Å². The highest BCUT2D eigenvalue weighted by Crippen LogP contribution is 2.41. The van der Waals surface area contributed by atoms with E-state index in [0.717, 1.165) is 17.7 Å². The van der Waals surface area contributed by atoms with Gasteiger partial charge in [0.15, 0.2) is 0 Å². The Balaban J connectivity index is 1.46. The number of anilines is 1. The molecule has 0 N–H and O–H groups in total. The van der Waals surface area contributed by atoms with Gasteiger partial charge in [-0.05, 0) is 48.4 Å². The summed E-state index contributed by atoms with van der Waals surface area (Å²) in [7, 11) is 1.71. The zero-order valence-corrected chi connectivity index (χ0v) is 22.0. The van der Waals surface area contributed by atoms with E-state index < -0.39 is 0 Å². The molecule has 2 aliphatic heterocycles. The van der Waals surface area contributed by atoms with Gasteiger partial charge in [-0.1, -0.05) is 36.7 Å². The molecule has 0 unspecified atom stereocenters.